The number of halogens is 1. The minimum Gasteiger partial charge on any atom is -0.461 e. The van der Waals surface area contributed by atoms with Gasteiger partial charge in [0.2, 0.25) is 10.0 Å². The number of allylic oxidation sites excluding steroid dienone is 5. The second-order valence-electron chi connectivity index (χ2n) is 14.5. The molecule has 0 spiro atoms. The van der Waals surface area contributed by atoms with Crippen LogP contribution in [0.3, 0.4) is 0 Å². The first kappa shape index (κ1) is 37.5. The highest BCUT2D eigenvalue weighted by atomic mass is 32.2. The van der Waals surface area contributed by atoms with E-state index in [-0.39, 0.29) is 41.1 Å². The van der Waals surface area contributed by atoms with Crippen molar-refractivity contribution in [2.24, 2.45) is 29.3 Å². The van der Waals surface area contributed by atoms with Crippen LogP contribution in [-0.2, 0) is 19.6 Å². The third-order valence-electron chi connectivity index (χ3n) is 10.0. The number of ether oxygens (including phenoxy) is 1. The molecule has 0 saturated carbocycles. The fourth-order valence-corrected chi connectivity index (χ4v) is 8.31. The molecule has 14 heteroatoms. The summed E-state index contributed by atoms with van der Waals surface area (Å²) in [6.07, 6.45) is 10.6. The molecule has 1 unspecified atom stereocenters. The summed E-state index contributed by atoms with van der Waals surface area (Å²) in [6.45, 7) is 9.18. The number of hydrazine groups is 1. The Bertz CT molecular complexity index is 1830. The molecule has 0 radical (unpaired) electrons. The van der Waals surface area contributed by atoms with Crippen LogP contribution in [0.5, 0.6) is 0 Å². The molecule has 1 aromatic heterocycles. The number of hydrogen-bond acceptors (Lipinski definition) is 11. The lowest BCUT2D eigenvalue weighted by Crippen LogP contribution is -2.42. The summed E-state index contributed by atoms with van der Waals surface area (Å²) in [5.74, 6) is 6.57. The minimum absolute atomic E-state index is 0.0982. The first-order chi connectivity index (χ1) is 25.0. The number of pyridine rings is 1. The molecular formula is C38H51FN8O4S. The SMILES string of the molecule is CC(C)COC(=O)C1=C(/C(N)=C/N(N)CC2CCN(CCNS(=O)(=O)c3ccc(-c4cccnc4N4CCCC4)cc3)CC2)C2CC(F)=CC=C2N1. The molecule has 52 heavy (non-hydrogen) atoms. The molecule has 0 bridgehead atoms. The lowest BCUT2D eigenvalue weighted by atomic mass is 9.89. The number of fused-ring (bicyclic) bond motifs is 1. The summed E-state index contributed by atoms with van der Waals surface area (Å²) in [4.78, 5) is 22.4. The molecule has 280 valence electrons. The van der Waals surface area contributed by atoms with Crippen molar-refractivity contribution >= 4 is 21.8 Å². The molecule has 1 atom stereocenters. The number of esters is 1. The van der Waals surface area contributed by atoms with Gasteiger partial charge in [-0.15, -0.1) is 0 Å². The third-order valence-corrected chi connectivity index (χ3v) is 11.5. The second kappa shape index (κ2) is 16.6. The van der Waals surface area contributed by atoms with Crippen molar-refractivity contribution in [2.75, 3.05) is 57.3 Å². The van der Waals surface area contributed by atoms with Crippen molar-refractivity contribution < 1.29 is 22.3 Å². The summed E-state index contributed by atoms with van der Waals surface area (Å²) >= 11 is 0. The summed E-state index contributed by atoms with van der Waals surface area (Å²) < 4.78 is 48.8. The minimum atomic E-state index is -3.67. The maximum atomic E-state index is 14.3. The molecule has 2 fully saturated rings. The Kier molecular flexibility index (Phi) is 12.0. The van der Waals surface area contributed by atoms with Gasteiger partial charge in [0.15, 0.2) is 0 Å². The van der Waals surface area contributed by atoms with E-state index >= 15 is 0 Å². The van der Waals surface area contributed by atoms with E-state index in [1.807, 2.05) is 38.1 Å². The Hall–Kier alpha value is -4.24. The van der Waals surface area contributed by atoms with Crippen molar-refractivity contribution in [3.05, 3.63) is 89.4 Å². The van der Waals surface area contributed by atoms with Gasteiger partial charge < -0.3 is 30.6 Å². The standard InChI is InChI=1S/C38H51FN8O4S/c1-26(2)25-51-38(48)36-35(32-22-29(39)9-12-34(32)44-36)33(40)24-47(41)23-27-13-19-45(20-14-27)21-16-43-52(49,50)30-10-7-28(8-11-30)31-6-5-15-42-37(31)46-17-3-4-18-46/h5-12,15,24,26-27,32,43-44H,3-4,13-14,16-23,25,40-41H2,1-2H3/b33-24-. The number of benzene rings is 1. The van der Waals surface area contributed by atoms with Gasteiger partial charge in [0.1, 0.15) is 17.3 Å². The normalized spacial score (nSPS) is 20.1. The monoisotopic (exact) mass is 734 g/mol. The van der Waals surface area contributed by atoms with Crippen LogP contribution in [0.2, 0.25) is 0 Å². The van der Waals surface area contributed by atoms with E-state index in [1.165, 1.54) is 11.1 Å². The van der Waals surface area contributed by atoms with Gasteiger partial charge >= 0.3 is 5.97 Å². The smallest absolute Gasteiger partial charge is 0.355 e. The van der Waals surface area contributed by atoms with Gasteiger partial charge in [0.25, 0.3) is 0 Å². The van der Waals surface area contributed by atoms with E-state index in [2.05, 4.69) is 24.8 Å². The zero-order valence-electron chi connectivity index (χ0n) is 30.1. The number of nitrogens with zero attached hydrogens (tertiary/aromatic N) is 4. The van der Waals surface area contributed by atoms with Crippen molar-refractivity contribution in [2.45, 2.75) is 50.8 Å². The van der Waals surface area contributed by atoms with Gasteiger partial charge in [-0.25, -0.2) is 33.2 Å². The Morgan fingerprint density at radius 1 is 1.13 bits per heavy atom. The van der Waals surface area contributed by atoms with Crippen LogP contribution in [0.1, 0.15) is 46.0 Å². The van der Waals surface area contributed by atoms with Crippen LogP contribution in [0.15, 0.2) is 94.3 Å². The fourth-order valence-electron chi connectivity index (χ4n) is 7.29. The number of nitrogens with one attached hydrogen (secondary N) is 2. The quantitative estimate of drug-likeness (QED) is 0.126. The number of likely N-dealkylation sites (tertiary alicyclic amines) is 1. The summed E-state index contributed by atoms with van der Waals surface area (Å²) in [5.41, 5.74) is 10.2. The molecule has 12 nitrogen and oxygen atoms in total. The van der Waals surface area contributed by atoms with Crippen molar-refractivity contribution in [1.29, 1.82) is 0 Å². The zero-order chi connectivity index (χ0) is 36.8. The largest absolute Gasteiger partial charge is 0.461 e. The van der Waals surface area contributed by atoms with E-state index in [9.17, 15) is 17.6 Å². The van der Waals surface area contributed by atoms with Gasteiger partial charge in [-0.05, 0) is 92.6 Å². The first-order valence-electron chi connectivity index (χ1n) is 18.2. The third kappa shape index (κ3) is 9.03. The predicted molar refractivity (Wildman–Crippen MR) is 200 cm³/mol. The van der Waals surface area contributed by atoms with Crippen molar-refractivity contribution in [3.8, 4) is 11.1 Å². The zero-order valence-corrected chi connectivity index (χ0v) is 30.9. The van der Waals surface area contributed by atoms with Gasteiger partial charge in [0.05, 0.1) is 17.2 Å². The molecule has 2 aromatic rings. The van der Waals surface area contributed by atoms with E-state index in [4.69, 9.17) is 16.3 Å². The molecule has 2 saturated heterocycles. The van der Waals surface area contributed by atoms with Crippen LogP contribution >= 0.6 is 0 Å². The summed E-state index contributed by atoms with van der Waals surface area (Å²) in [7, 11) is -3.67. The van der Waals surface area contributed by atoms with Gasteiger partial charge in [-0.1, -0.05) is 26.0 Å². The summed E-state index contributed by atoms with van der Waals surface area (Å²) in [6, 6.07) is 11.0. The summed E-state index contributed by atoms with van der Waals surface area (Å²) in [5, 5.41) is 4.64. The van der Waals surface area contributed by atoms with E-state index in [0.717, 1.165) is 68.8 Å². The van der Waals surface area contributed by atoms with Gasteiger partial charge in [0, 0.05) is 74.3 Å². The first-order valence-corrected chi connectivity index (χ1v) is 19.7. The molecule has 6 rings (SSSR count). The lowest BCUT2D eigenvalue weighted by molar-refractivity contribution is -0.140. The highest BCUT2D eigenvalue weighted by molar-refractivity contribution is 7.89. The Morgan fingerprint density at radius 3 is 2.58 bits per heavy atom. The van der Waals surface area contributed by atoms with Crippen LogP contribution in [-0.4, -0.2) is 81.7 Å². The van der Waals surface area contributed by atoms with Crippen LogP contribution in [0.25, 0.3) is 11.1 Å². The number of sulfonamides is 1. The highest BCUT2D eigenvalue weighted by Gasteiger charge is 2.37. The van der Waals surface area contributed by atoms with Crippen LogP contribution in [0.4, 0.5) is 10.2 Å². The molecule has 0 amide bonds. The van der Waals surface area contributed by atoms with Crippen LogP contribution in [0, 0.1) is 17.8 Å². The molecule has 6 N–H and O–H groups in total. The number of carbonyl (C=O) groups excluding carboxylic acids is 1. The number of rotatable bonds is 14. The Labute approximate surface area is 306 Å². The number of carbonyl (C=O) groups is 1. The molecule has 3 aliphatic heterocycles. The Balaban J connectivity index is 0.981. The second-order valence-corrected chi connectivity index (χ2v) is 16.2. The highest BCUT2D eigenvalue weighted by Crippen LogP contribution is 2.40. The van der Waals surface area contributed by atoms with E-state index in [1.54, 1.807) is 30.6 Å². The lowest BCUT2D eigenvalue weighted by Gasteiger charge is -2.33. The maximum absolute atomic E-state index is 14.3. The van der Waals surface area contributed by atoms with Crippen molar-refractivity contribution in [3.63, 3.8) is 0 Å². The average molecular weight is 735 g/mol. The number of hydrogen-bond donors (Lipinski definition) is 4. The number of nitrogens with two attached hydrogens (primary N) is 2. The Morgan fingerprint density at radius 2 is 1.87 bits per heavy atom. The average Bonchev–Trinajstić information content (AvgIpc) is 3.80. The molecular weight excluding hydrogens is 684 g/mol. The van der Waals surface area contributed by atoms with E-state index in [0.29, 0.717) is 36.8 Å². The van der Waals surface area contributed by atoms with Crippen LogP contribution < -0.4 is 26.5 Å². The van der Waals surface area contributed by atoms with Crippen molar-refractivity contribution in [1.82, 2.24) is 24.9 Å². The molecule has 4 heterocycles. The molecule has 4 aliphatic rings. The molecule has 1 aliphatic carbocycles. The molecule has 1 aromatic carbocycles. The topological polar surface area (TPSA) is 159 Å². The van der Waals surface area contributed by atoms with E-state index < -0.39 is 21.9 Å². The van der Waals surface area contributed by atoms with Gasteiger partial charge in [-0.2, -0.15) is 0 Å². The number of aromatic nitrogens is 1. The maximum Gasteiger partial charge on any atom is 0.355 e. The fraction of sp³-hybridized carbons (Fsp3) is 0.474. The predicted octanol–water partition coefficient (Wildman–Crippen LogP) is 4.13. The number of anilines is 1. The number of piperidine rings is 1. The van der Waals surface area contributed by atoms with Gasteiger partial charge in [-0.3, -0.25) is 0 Å².